The molecular weight excluding hydrogens is 274 g/mol. The van der Waals surface area contributed by atoms with Gasteiger partial charge in [-0.2, -0.15) is 0 Å². The Morgan fingerprint density at radius 1 is 1.60 bits per heavy atom. The maximum absolute atomic E-state index is 12.3. The number of hydrogen-bond donors (Lipinski definition) is 1. The summed E-state index contributed by atoms with van der Waals surface area (Å²) in [5, 5.41) is 11.3. The van der Waals surface area contributed by atoms with Crippen molar-refractivity contribution in [2.75, 3.05) is 13.6 Å². The van der Waals surface area contributed by atoms with Crippen LogP contribution in [0.2, 0.25) is 0 Å². The molecule has 2 aromatic heterocycles. The number of likely N-dealkylation sites (N-methyl/N-ethyl adjacent to an activating group) is 1. The molecule has 1 saturated carbocycles. The normalized spacial score (nSPS) is 21.9. The molecule has 0 radical (unpaired) electrons. The number of carbonyl (C=O) groups excluding carboxylic acids is 1. The minimum Gasteiger partial charge on any atom is -0.393 e. The Balaban J connectivity index is 1.63. The third-order valence-corrected chi connectivity index (χ3v) is 4.79. The number of aliphatic hydroxyl groups excluding tert-OH is 1. The van der Waals surface area contributed by atoms with Gasteiger partial charge in [0, 0.05) is 30.9 Å². The van der Waals surface area contributed by atoms with E-state index in [-0.39, 0.29) is 12.0 Å². The predicted octanol–water partition coefficient (Wildman–Crippen LogP) is 1.48. The van der Waals surface area contributed by atoms with Crippen LogP contribution in [0.1, 0.15) is 24.2 Å². The summed E-state index contributed by atoms with van der Waals surface area (Å²) >= 11 is 1.57. The SMILES string of the molecule is Cc1cn2c(CC(=O)N(C)CC3CC(O)C3)csc2n1. The molecule has 0 bridgehead atoms. The highest BCUT2D eigenvalue weighted by Gasteiger charge is 2.29. The number of fused-ring (bicyclic) bond motifs is 1. The van der Waals surface area contributed by atoms with Gasteiger partial charge in [-0.05, 0) is 25.7 Å². The minimum absolute atomic E-state index is 0.123. The summed E-state index contributed by atoms with van der Waals surface area (Å²) in [7, 11) is 1.84. The Bertz CT molecular complexity index is 627. The molecule has 0 aromatic carbocycles. The van der Waals surface area contributed by atoms with Crippen molar-refractivity contribution in [3.8, 4) is 0 Å². The first kappa shape index (κ1) is 13.6. The molecule has 1 fully saturated rings. The van der Waals surface area contributed by atoms with Gasteiger partial charge in [0.15, 0.2) is 4.96 Å². The second-order valence-corrected chi connectivity index (χ2v) is 6.54. The zero-order chi connectivity index (χ0) is 14.3. The monoisotopic (exact) mass is 293 g/mol. The zero-order valence-corrected chi connectivity index (χ0v) is 12.6. The molecule has 1 aliphatic carbocycles. The van der Waals surface area contributed by atoms with Gasteiger partial charge < -0.3 is 10.0 Å². The summed E-state index contributed by atoms with van der Waals surface area (Å²) in [6.45, 7) is 2.70. The summed E-state index contributed by atoms with van der Waals surface area (Å²) in [6.07, 6.45) is 3.86. The number of rotatable bonds is 4. The van der Waals surface area contributed by atoms with E-state index in [1.807, 2.05) is 29.9 Å². The molecular formula is C14H19N3O2S. The third kappa shape index (κ3) is 2.58. The van der Waals surface area contributed by atoms with E-state index in [2.05, 4.69) is 4.98 Å². The average molecular weight is 293 g/mol. The molecule has 2 heterocycles. The van der Waals surface area contributed by atoms with Crippen molar-refractivity contribution in [3.63, 3.8) is 0 Å². The minimum atomic E-state index is -0.158. The lowest BCUT2D eigenvalue weighted by molar-refractivity contribution is -0.130. The number of thiazole rings is 1. The molecule has 0 saturated heterocycles. The van der Waals surface area contributed by atoms with E-state index in [0.717, 1.165) is 35.7 Å². The highest BCUT2D eigenvalue weighted by atomic mass is 32.1. The number of amides is 1. The molecule has 6 heteroatoms. The number of imidazole rings is 1. The van der Waals surface area contributed by atoms with Crippen LogP contribution >= 0.6 is 11.3 Å². The predicted molar refractivity (Wildman–Crippen MR) is 77.9 cm³/mol. The van der Waals surface area contributed by atoms with Gasteiger partial charge in [0.2, 0.25) is 5.91 Å². The molecule has 0 atom stereocenters. The fourth-order valence-corrected chi connectivity index (χ4v) is 3.62. The molecule has 0 spiro atoms. The first-order valence-corrected chi connectivity index (χ1v) is 7.75. The fraction of sp³-hybridized carbons (Fsp3) is 0.571. The molecule has 108 valence electrons. The maximum Gasteiger partial charge on any atom is 0.228 e. The quantitative estimate of drug-likeness (QED) is 0.929. The number of aliphatic hydroxyl groups is 1. The lowest BCUT2D eigenvalue weighted by atomic mass is 9.82. The molecule has 0 aliphatic heterocycles. The Hall–Kier alpha value is -1.40. The van der Waals surface area contributed by atoms with Crippen molar-refractivity contribution in [1.82, 2.24) is 14.3 Å². The number of aromatic nitrogens is 2. The molecule has 0 unspecified atom stereocenters. The van der Waals surface area contributed by atoms with Crippen LogP contribution < -0.4 is 0 Å². The van der Waals surface area contributed by atoms with E-state index in [9.17, 15) is 9.90 Å². The van der Waals surface area contributed by atoms with Crippen molar-refractivity contribution in [2.24, 2.45) is 5.92 Å². The molecule has 3 rings (SSSR count). The van der Waals surface area contributed by atoms with Gasteiger partial charge in [-0.15, -0.1) is 11.3 Å². The molecule has 20 heavy (non-hydrogen) atoms. The lowest BCUT2D eigenvalue weighted by Crippen LogP contribution is -2.40. The van der Waals surface area contributed by atoms with Gasteiger partial charge in [0.1, 0.15) is 0 Å². The standard InChI is InChI=1S/C14H19N3O2S/c1-9-6-17-11(8-20-14(17)15-9)5-13(19)16(2)7-10-3-12(18)4-10/h6,8,10,12,18H,3-5,7H2,1-2H3. The van der Waals surface area contributed by atoms with E-state index >= 15 is 0 Å². The number of carbonyl (C=O) groups is 1. The Morgan fingerprint density at radius 2 is 2.35 bits per heavy atom. The summed E-state index contributed by atoms with van der Waals surface area (Å²) in [4.78, 5) is 19.4. The first-order chi connectivity index (χ1) is 9.52. The fourth-order valence-electron chi connectivity index (χ4n) is 2.70. The van der Waals surface area contributed by atoms with Crippen LogP contribution in [0.3, 0.4) is 0 Å². The number of aryl methyl sites for hydroxylation is 1. The van der Waals surface area contributed by atoms with Gasteiger partial charge in [-0.1, -0.05) is 0 Å². The van der Waals surface area contributed by atoms with Crippen molar-refractivity contribution in [1.29, 1.82) is 0 Å². The third-order valence-electron chi connectivity index (χ3n) is 3.90. The van der Waals surface area contributed by atoms with Gasteiger partial charge in [-0.3, -0.25) is 9.20 Å². The second kappa shape index (κ2) is 5.18. The first-order valence-electron chi connectivity index (χ1n) is 6.87. The van der Waals surface area contributed by atoms with Crippen LogP contribution in [-0.4, -0.2) is 45.0 Å². The molecule has 5 nitrogen and oxygen atoms in total. The molecule has 2 aromatic rings. The van der Waals surface area contributed by atoms with Crippen molar-refractivity contribution in [2.45, 2.75) is 32.3 Å². The summed E-state index contributed by atoms with van der Waals surface area (Å²) < 4.78 is 2.00. The molecule has 1 amide bonds. The van der Waals surface area contributed by atoms with E-state index in [0.29, 0.717) is 12.3 Å². The second-order valence-electron chi connectivity index (χ2n) is 5.70. The van der Waals surface area contributed by atoms with E-state index in [1.165, 1.54) is 0 Å². The summed E-state index contributed by atoms with van der Waals surface area (Å²) in [5.41, 5.74) is 1.97. The zero-order valence-electron chi connectivity index (χ0n) is 11.7. The largest absolute Gasteiger partial charge is 0.393 e. The van der Waals surface area contributed by atoms with E-state index < -0.39 is 0 Å². The van der Waals surface area contributed by atoms with Gasteiger partial charge in [0.05, 0.1) is 18.2 Å². The van der Waals surface area contributed by atoms with Crippen LogP contribution in [0, 0.1) is 12.8 Å². The van der Waals surface area contributed by atoms with E-state index in [1.54, 1.807) is 16.2 Å². The average Bonchev–Trinajstić information content (AvgIpc) is 2.88. The summed E-state index contributed by atoms with van der Waals surface area (Å²) in [5.74, 6) is 0.578. The van der Waals surface area contributed by atoms with Gasteiger partial charge in [-0.25, -0.2) is 4.98 Å². The topological polar surface area (TPSA) is 57.8 Å². The van der Waals surface area contributed by atoms with E-state index in [4.69, 9.17) is 0 Å². The van der Waals surface area contributed by atoms with Crippen LogP contribution in [0.15, 0.2) is 11.6 Å². The van der Waals surface area contributed by atoms with Crippen molar-refractivity contribution in [3.05, 3.63) is 23.0 Å². The lowest BCUT2D eigenvalue weighted by Gasteiger charge is -2.34. The Labute approximate surface area is 121 Å². The van der Waals surface area contributed by atoms with Crippen LogP contribution in [0.4, 0.5) is 0 Å². The van der Waals surface area contributed by atoms with Crippen LogP contribution in [0.25, 0.3) is 4.96 Å². The smallest absolute Gasteiger partial charge is 0.228 e. The summed E-state index contributed by atoms with van der Waals surface area (Å²) in [6, 6.07) is 0. The highest BCUT2D eigenvalue weighted by molar-refractivity contribution is 7.15. The van der Waals surface area contributed by atoms with Crippen LogP contribution in [0.5, 0.6) is 0 Å². The van der Waals surface area contributed by atoms with Crippen molar-refractivity contribution < 1.29 is 9.90 Å². The van der Waals surface area contributed by atoms with Crippen molar-refractivity contribution >= 4 is 22.2 Å². The van der Waals surface area contributed by atoms with Gasteiger partial charge >= 0.3 is 0 Å². The molecule has 1 aliphatic rings. The van der Waals surface area contributed by atoms with Crippen LogP contribution in [-0.2, 0) is 11.2 Å². The Kier molecular flexibility index (Phi) is 3.52. The Morgan fingerprint density at radius 3 is 3.05 bits per heavy atom. The highest BCUT2D eigenvalue weighted by Crippen LogP contribution is 2.27. The molecule has 1 N–H and O–H groups in total. The maximum atomic E-state index is 12.3. The van der Waals surface area contributed by atoms with Gasteiger partial charge in [0.25, 0.3) is 0 Å². The number of hydrogen-bond acceptors (Lipinski definition) is 4. The number of nitrogens with zero attached hydrogens (tertiary/aromatic N) is 3.